The number of benzene rings is 1. The van der Waals surface area contributed by atoms with Crippen LogP contribution in [0.5, 0.6) is 0 Å². The first-order chi connectivity index (χ1) is 15.9. The highest BCUT2D eigenvalue weighted by Gasteiger charge is 2.46. The lowest BCUT2D eigenvalue weighted by molar-refractivity contribution is 0.218. The quantitative estimate of drug-likeness (QED) is 0.535. The van der Waals surface area contributed by atoms with E-state index in [9.17, 15) is 4.79 Å². The summed E-state index contributed by atoms with van der Waals surface area (Å²) in [6.45, 7) is 7.07. The molecule has 1 saturated carbocycles. The summed E-state index contributed by atoms with van der Waals surface area (Å²) in [4.78, 5) is 30.6. The molecule has 172 valence electrons. The van der Waals surface area contributed by atoms with Crippen LogP contribution in [0.25, 0.3) is 5.69 Å². The predicted molar refractivity (Wildman–Crippen MR) is 129 cm³/mol. The number of aromatic nitrogens is 4. The SMILES string of the molecule is CC(C)C1CN(C2CC2)C(=O)N1c1ccnc(N[C@@H](C)c2cn(-c3ccc(Cl)cc3)cn2)n1. The summed E-state index contributed by atoms with van der Waals surface area (Å²) in [5.74, 6) is 1.44. The Morgan fingerprint density at radius 2 is 1.85 bits per heavy atom. The van der Waals surface area contributed by atoms with Crippen LogP contribution in [0.15, 0.2) is 49.1 Å². The smallest absolute Gasteiger partial charge is 0.326 e. The Morgan fingerprint density at radius 1 is 1.09 bits per heavy atom. The average Bonchev–Trinajstić information content (AvgIpc) is 3.40. The monoisotopic (exact) mass is 465 g/mol. The number of amides is 2. The first-order valence-corrected chi connectivity index (χ1v) is 11.8. The molecule has 2 aromatic heterocycles. The topological polar surface area (TPSA) is 79.2 Å². The first kappa shape index (κ1) is 21.7. The molecule has 5 rings (SSSR count). The second-order valence-electron chi connectivity index (χ2n) is 9.13. The molecule has 8 nitrogen and oxygen atoms in total. The van der Waals surface area contributed by atoms with Crippen molar-refractivity contribution in [1.29, 1.82) is 0 Å². The van der Waals surface area contributed by atoms with Gasteiger partial charge in [-0.25, -0.2) is 14.8 Å². The molecular formula is C24H28ClN7O. The molecule has 0 spiro atoms. The summed E-state index contributed by atoms with van der Waals surface area (Å²) >= 11 is 5.99. The Labute approximate surface area is 198 Å². The third-order valence-electron chi connectivity index (χ3n) is 6.33. The van der Waals surface area contributed by atoms with E-state index in [2.05, 4.69) is 29.1 Å². The van der Waals surface area contributed by atoms with Crippen LogP contribution in [-0.4, -0.2) is 49.1 Å². The second-order valence-corrected chi connectivity index (χ2v) is 9.57. The Hall–Kier alpha value is -3.13. The number of hydrogen-bond donors (Lipinski definition) is 1. The molecule has 1 N–H and O–H groups in total. The number of hydrogen-bond acceptors (Lipinski definition) is 5. The Morgan fingerprint density at radius 3 is 2.55 bits per heavy atom. The lowest BCUT2D eigenvalue weighted by Crippen LogP contribution is -2.38. The van der Waals surface area contributed by atoms with Crippen LogP contribution in [0.4, 0.5) is 16.6 Å². The van der Waals surface area contributed by atoms with Crippen LogP contribution in [0.1, 0.15) is 45.3 Å². The van der Waals surface area contributed by atoms with E-state index < -0.39 is 0 Å². The normalized spacial score (nSPS) is 19.4. The molecule has 2 fully saturated rings. The van der Waals surface area contributed by atoms with Crippen molar-refractivity contribution in [2.45, 2.75) is 51.7 Å². The summed E-state index contributed by atoms with van der Waals surface area (Å²) in [5, 5.41) is 4.03. The van der Waals surface area contributed by atoms with E-state index >= 15 is 0 Å². The summed E-state index contributed by atoms with van der Waals surface area (Å²) in [7, 11) is 0. The van der Waals surface area contributed by atoms with Crippen molar-refractivity contribution >= 4 is 29.4 Å². The molecule has 0 bridgehead atoms. The van der Waals surface area contributed by atoms with Crippen LogP contribution in [0.3, 0.4) is 0 Å². The number of carbonyl (C=O) groups is 1. The Bertz CT molecular complexity index is 1140. The maximum absolute atomic E-state index is 13.2. The van der Waals surface area contributed by atoms with Crippen molar-refractivity contribution in [2.75, 3.05) is 16.8 Å². The Kier molecular flexibility index (Phi) is 5.70. The minimum Gasteiger partial charge on any atom is -0.346 e. The number of anilines is 2. The van der Waals surface area contributed by atoms with Crippen molar-refractivity contribution in [3.63, 3.8) is 0 Å². The van der Waals surface area contributed by atoms with Gasteiger partial charge in [0.15, 0.2) is 0 Å². The molecule has 1 unspecified atom stereocenters. The zero-order valence-corrected chi connectivity index (χ0v) is 19.8. The van der Waals surface area contributed by atoms with Gasteiger partial charge in [0.2, 0.25) is 5.95 Å². The number of nitrogens with one attached hydrogen (secondary N) is 1. The number of halogens is 1. The van der Waals surface area contributed by atoms with Gasteiger partial charge in [-0.3, -0.25) is 4.90 Å². The molecule has 1 saturated heterocycles. The number of carbonyl (C=O) groups excluding carboxylic acids is 1. The molecule has 3 heterocycles. The maximum Gasteiger partial charge on any atom is 0.326 e. The summed E-state index contributed by atoms with van der Waals surface area (Å²) < 4.78 is 1.95. The van der Waals surface area contributed by atoms with Crippen LogP contribution in [0.2, 0.25) is 5.02 Å². The van der Waals surface area contributed by atoms with E-state index in [0.717, 1.165) is 30.8 Å². The third-order valence-corrected chi connectivity index (χ3v) is 6.58. The number of rotatable bonds is 7. The van der Waals surface area contributed by atoms with Crippen LogP contribution >= 0.6 is 11.6 Å². The minimum absolute atomic E-state index is 0.0515. The minimum atomic E-state index is -0.119. The average molecular weight is 466 g/mol. The van der Waals surface area contributed by atoms with Crippen LogP contribution < -0.4 is 10.2 Å². The van der Waals surface area contributed by atoms with E-state index in [1.165, 1.54) is 0 Å². The lowest BCUT2D eigenvalue weighted by atomic mass is 10.0. The molecule has 2 amide bonds. The van der Waals surface area contributed by atoms with Crippen molar-refractivity contribution < 1.29 is 4.79 Å². The summed E-state index contributed by atoms with van der Waals surface area (Å²) in [6, 6.07) is 9.84. The molecular weight excluding hydrogens is 438 g/mol. The molecule has 3 aromatic rings. The first-order valence-electron chi connectivity index (χ1n) is 11.4. The Balaban J connectivity index is 1.33. The fourth-order valence-electron chi connectivity index (χ4n) is 4.25. The fourth-order valence-corrected chi connectivity index (χ4v) is 4.37. The van der Waals surface area contributed by atoms with Gasteiger partial charge in [-0.15, -0.1) is 0 Å². The molecule has 9 heteroatoms. The highest BCUT2D eigenvalue weighted by Crippen LogP contribution is 2.35. The summed E-state index contributed by atoms with van der Waals surface area (Å²) in [5.41, 5.74) is 1.84. The third kappa shape index (κ3) is 4.39. The van der Waals surface area contributed by atoms with Crippen LogP contribution in [-0.2, 0) is 0 Å². The van der Waals surface area contributed by atoms with Gasteiger partial charge in [-0.1, -0.05) is 25.4 Å². The van der Waals surface area contributed by atoms with Gasteiger partial charge in [0.05, 0.1) is 24.1 Å². The largest absolute Gasteiger partial charge is 0.346 e. The van der Waals surface area contributed by atoms with E-state index in [-0.39, 0.29) is 18.1 Å². The molecule has 2 aliphatic rings. The molecule has 2 atom stereocenters. The van der Waals surface area contributed by atoms with Gasteiger partial charge in [-0.05, 0) is 56.0 Å². The van der Waals surface area contributed by atoms with Crippen molar-refractivity contribution in [3.8, 4) is 5.69 Å². The highest BCUT2D eigenvalue weighted by atomic mass is 35.5. The van der Waals surface area contributed by atoms with Crippen LogP contribution in [0, 0.1) is 5.92 Å². The van der Waals surface area contributed by atoms with E-state index in [0.29, 0.717) is 28.7 Å². The highest BCUT2D eigenvalue weighted by molar-refractivity contribution is 6.30. The van der Waals surface area contributed by atoms with Gasteiger partial charge in [0, 0.05) is 35.7 Å². The number of urea groups is 1. The van der Waals surface area contributed by atoms with E-state index in [1.807, 2.05) is 57.8 Å². The second kappa shape index (κ2) is 8.67. The molecule has 0 radical (unpaired) electrons. The van der Waals surface area contributed by atoms with Gasteiger partial charge in [-0.2, -0.15) is 4.98 Å². The lowest BCUT2D eigenvalue weighted by Gasteiger charge is -2.25. The standard InChI is InChI=1S/C24H28ClN7O/c1-15(2)21-13-31(19-8-9-19)24(33)32(21)22-10-11-26-23(29-22)28-16(3)20-12-30(14-27-20)18-6-4-17(25)5-7-18/h4-7,10-12,14-16,19,21H,8-9,13H2,1-3H3,(H,26,28,29)/t16-,21?/m0/s1. The van der Waals surface area contributed by atoms with Crippen molar-refractivity contribution in [3.05, 3.63) is 59.8 Å². The molecule has 1 aliphatic heterocycles. The zero-order valence-electron chi connectivity index (χ0n) is 19.0. The van der Waals surface area contributed by atoms with Crippen molar-refractivity contribution in [2.24, 2.45) is 5.92 Å². The predicted octanol–water partition coefficient (Wildman–Crippen LogP) is 4.92. The molecule has 1 aromatic carbocycles. The van der Waals surface area contributed by atoms with Gasteiger partial charge >= 0.3 is 6.03 Å². The fraction of sp³-hybridized carbons (Fsp3) is 0.417. The van der Waals surface area contributed by atoms with Gasteiger partial charge < -0.3 is 14.8 Å². The summed E-state index contributed by atoms with van der Waals surface area (Å²) in [6.07, 6.45) is 7.64. The van der Waals surface area contributed by atoms with Crippen molar-refractivity contribution in [1.82, 2.24) is 24.4 Å². The van der Waals surface area contributed by atoms with E-state index in [1.54, 1.807) is 12.5 Å². The number of imidazole rings is 1. The molecule has 33 heavy (non-hydrogen) atoms. The van der Waals surface area contributed by atoms with Gasteiger partial charge in [0.25, 0.3) is 0 Å². The maximum atomic E-state index is 13.2. The van der Waals surface area contributed by atoms with Gasteiger partial charge in [0.1, 0.15) is 5.82 Å². The van der Waals surface area contributed by atoms with E-state index in [4.69, 9.17) is 16.6 Å². The molecule has 1 aliphatic carbocycles. The number of nitrogens with zero attached hydrogens (tertiary/aromatic N) is 6. The zero-order chi connectivity index (χ0) is 23.1.